The maximum Gasteiger partial charge on any atom is 0.125 e. The molecule has 0 fully saturated rings. The molecule has 15 heavy (non-hydrogen) atoms. The Labute approximate surface area is 91.8 Å². The molecular weight excluding hydrogens is 210 g/mol. The molecule has 2 heterocycles. The van der Waals surface area contributed by atoms with E-state index >= 15 is 0 Å². The van der Waals surface area contributed by atoms with Crippen molar-refractivity contribution in [1.82, 2.24) is 9.97 Å². The molecule has 80 valence electrons. The fraction of sp³-hybridized carbons (Fsp3) is 0.300. The zero-order valence-electron chi connectivity index (χ0n) is 8.40. The molecular formula is C10H13N3OS. The molecule has 0 bridgehead atoms. The van der Waals surface area contributed by atoms with Crippen LogP contribution in [0.15, 0.2) is 18.5 Å². The van der Waals surface area contributed by atoms with Crippen LogP contribution in [0.1, 0.15) is 16.6 Å². The summed E-state index contributed by atoms with van der Waals surface area (Å²) in [6.45, 7) is 1.87. The monoisotopic (exact) mass is 223 g/mol. The van der Waals surface area contributed by atoms with Gasteiger partial charge in [-0.05, 0) is 13.0 Å². The lowest BCUT2D eigenvalue weighted by atomic mass is 10.2. The second-order valence-electron chi connectivity index (χ2n) is 3.36. The number of hydrogen-bond acceptors (Lipinski definition) is 4. The Morgan fingerprint density at radius 3 is 3.07 bits per heavy atom. The fourth-order valence-electron chi connectivity index (χ4n) is 1.42. The van der Waals surface area contributed by atoms with Crippen molar-refractivity contribution >= 4 is 11.3 Å². The molecule has 5 heteroatoms. The van der Waals surface area contributed by atoms with Gasteiger partial charge in [-0.1, -0.05) is 0 Å². The largest absolute Gasteiger partial charge is 0.394 e. The summed E-state index contributed by atoms with van der Waals surface area (Å²) in [7, 11) is 0. The standard InChI is InChI=1S/C10H13N3OS/c1-6-9(8(11)5-14)15-10(13-6)7-2-3-12-4-7/h2-4,8,12,14H,5,11H2,1H3. The second-order valence-corrected chi connectivity index (χ2v) is 4.39. The van der Waals surface area contributed by atoms with E-state index in [9.17, 15) is 0 Å². The van der Waals surface area contributed by atoms with Gasteiger partial charge in [-0.25, -0.2) is 4.98 Å². The van der Waals surface area contributed by atoms with Crippen molar-refractivity contribution in [2.24, 2.45) is 5.73 Å². The molecule has 0 saturated carbocycles. The Hall–Kier alpha value is -1.17. The van der Waals surface area contributed by atoms with Crippen LogP contribution in [0.25, 0.3) is 10.6 Å². The van der Waals surface area contributed by atoms with E-state index in [0.717, 1.165) is 21.1 Å². The van der Waals surface area contributed by atoms with E-state index in [1.807, 2.05) is 25.4 Å². The van der Waals surface area contributed by atoms with Crippen LogP contribution in [0.2, 0.25) is 0 Å². The van der Waals surface area contributed by atoms with Gasteiger partial charge in [0.05, 0.1) is 18.3 Å². The van der Waals surface area contributed by atoms with Crippen molar-refractivity contribution in [2.75, 3.05) is 6.61 Å². The van der Waals surface area contributed by atoms with Gasteiger partial charge in [0, 0.05) is 22.8 Å². The Bertz CT molecular complexity index is 435. The molecule has 0 saturated heterocycles. The Morgan fingerprint density at radius 2 is 2.47 bits per heavy atom. The fourth-order valence-corrected chi connectivity index (χ4v) is 2.47. The van der Waals surface area contributed by atoms with Crippen LogP contribution in [0.3, 0.4) is 0 Å². The number of nitrogens with zero attached hydrogens (tertiary/aromatic N) is 1. The number of H-pyrrole nitrogens is 1. The van der Waals surface area contributed by atoms with Crippen molar-refractivity contribution in [2.45, 2.75) is 13.0 Å². The van der Waals surface area contributed by atoms with Gasteiger partial charge in [0.2, 0.25) is 0 Å². The summed E-state index contributed by atoms with van der Waals surface area (Å²) in [5.74, 6) is 0. The van der Waals surface area contributed by atoms with E-state index in [2.05, 4.69) is 9.97 Å². The van der Waals surface area contributed by atoms with Gasteiger partial charge in [0.25, 0.3) is 0 Å². The van der Waals surface area contributed by atoms with Gasteiger partial charge in [-0.3, -0.25) is 0 Å². The molecule has 0 spiro atoms. The van der Waals surface area contributed by atoms with Crippen LogP contribution < -0.4 is 5.73 Å². The molecule has 0 aliphatic rings. The quantitative estimate of drug-likeness (QED) is 0.737. The second kappa shape index (κ2) is 4.14. The van der Waals surface area contributed by atoms with E-state index < -0.39 is 0 Å². The number of thiazole rings is 1. The SMILES string of the molecule is Cc1nc(-c2cc[nH]c2)sc1C(N)CO. The molecule has 4 nitrogen and oxygen atoms in total. The van der Waals surface area contributed by atoms with Crippen LogP contribution in [0, 0.1) is 6.92 Å². The summed E-state index contributed by atoms with van der Waals surface area (Å²) in [5, 5.41) is 9.94. The lowest BCUT2D eigenvalue weighted by molar-refractivity contribution is 0.269. The van der Waals surface area contributed by atoms with Crippen LogP contribution in [0.5, 0.6) is 0 Å². The number of rotatable bonds is 3. The summed E-state index contributed by atoms with van der Waals surface area (Å²) in [5.41, 5.74) is 7.73. The van der Waals surface area contributed by atoms with Crippen molar-refractivity contribution in [1.29, 1.82) is 0 Å². The van der Waals surface area contributed by atoms with Crippen molar-refractivity contribution in [3.63, 3.8) is 0 Å². The maximum absolute atomic E-state index is 9.00. The lowest BCUT2D eigenvalue weighted by Gasteiger charge is -2.04. The summed E-state index contributed by atoms with van der Waals surface area (Å²) in [6.07, 6.45) is 3.75. The number of nitrogens with one attached hydrogen (secondary N) is 1. The average molecular weight is 223 g/mol. The zero-order chi connectivity index (χ0) is 10.8. The van der Waals surface area contributed by atoms with Crippen molar-refractivity contribution in [3.05, 3.63) is 29.0 Å². The third-order valence-electron chi connectivity index (χ3n) is 2.21. The Kier molecular flexibility index (Phi) is 2.86. The molecule has 1 unspecified atom stereocenters. The average Bonchev–Trinajstić information content (AvgIpc) is 2.84. The highest BCUT2D eigenvalue weighted by Crippen LogP contribution is 2.30. The molecule has 0 aliphatic heterocycles. The Balaban J connectivity index is 2.37. The smallest absolute Gasteiger partial charge is 0.125 e. The van der Waals surface area contributed by atoms with Gasteiger partial charge in [0.1, 0.15) is 5.01 Å². The predicted octanol–water partition coefficient (Wildman–Crippen LogP) is 1.44. The number of aliphatic hydroxyl groups excluding tert-OH is 1. The highest BCUT2D eigenvalue weighted by Gasteiger charge is 2.14. The van der Waals surface area contributed by atoms with Gasteiger partial charge < -0.3 is 15.8 Å². The first-order valence-electron chi connectivity index (χ1n) is 4.69. The van der Waals surface area contributed by atoms with E-state index in [-0.39, 0.29) is 12.6 Å². The highest BCUT2D eigenvalue weighted by atomic mass is 32.1. The molecule has 2 rings (SSSR count). The van der Waals surface area contributed by atoms with E-state index in [1.165, 1.54) is 11.3 Å². The summed E-state index contributed by atoms with van der Waals surface area (Å²) < 4.78 is 0. The van der Waals surface area contributed by atoms with E-state index in [4.69, 9.17) is 10.8 Å². The van der Waals surface area contributed by atoms with Gasteiger partial charge in [-0.2, -0.15) is 0 Å². The highest BCUT2D eigenvalue weighted by molar-refractivity contribution is 7.15. The molecule has 0 aromatic carbocycles. The third kappa shape index (κ3) is 1.94. The normalized spacial score (nSPS) is 13.0. The predicted molar refractivity (Wildman–Crippen MR) is 60.7 cm³/mol. The van der Waals surface area contributed by atoms with Crippen LogP contribution in [-0.2, 0) is 0 Å². The number of aliphatic hydroxyl groups is 1. The molecule has 0 aliphatic carbocycles. The number of aromatic amines is 1. The summed E-state index contributed by atoms with van der Waals surface area (Å²) >= 11 is 1.53. The number of aryl methyl sites for hydroxylation is 1. The first kappa shape index (κ1) is 10.4. The Morgan fingerprint density at radius 1 is 1.67 bits per heavy atom. The summed E-state index contributed by atoms with van der Waals surface area (Å²) in [4.78, 5) is 8.37. The molecule has 0 amide bonds. The van der Waals surface area contributed by atoms with Crippen LogP contribution >= 0.6 is 11.3 Å². The van der Waals surface area contributed by atoms with Gasteiger partial charge >= 0.3 is 0 Å². The first-order valence-corrected chi connectivity index (χ1v) is 5.51. The van der Waals surface area contributed by atoms with Crippen LogP contribution in [-0.4, -0.2) is 21.7 Å². The molecule has 0 radical (unpaired) electrons. The number of hydrogen-bond donors (Lipinski definition) is 3. The van der Waals surface area contributed by atoms with Crippen LogP contribution in [0.4, 0.5) is 0 Å². The van der Waals surface area contributed by atoms with Gasteiger partial charge in [-0.15, -0.1) is 11.3 Å². The third-order valence-corrected chi connectivity index (χ3v) is 3.55. The lowest BCUT2D eigenvalue weighted by Crippen LogP contribution is -2.13. The molecule has 2 aromatic heterocycles. The van der Waals surface area contributed by atoms with E-state index in [0.29, 0.717) is 0 Å². The maximum atomic E-state index is 9.00. The van der Waals surface area contributed by atoms with Crippen molar-refractivity contribution in [3.8, 4) is 10.6 Å². The van der Waals surface area contributed by atoms with Gasteiger partial charge in [0.15, 0.2) is 0 Å². The summed E-state index contributed by atoms with van der Waals surface area (Å²) in [6, 6.07) is 1.64. The van der Waals surface area contributed by atoms with E-state index in [1.54, 1.807) is 0 Å². The van der Waals surface area contributed by atoms with Crippen molar-refractivity contribution < 1.29 is 5.11 Å². The molecule has 2 aromatic rings. The number of nitrogens with two attached hydrogens (primary N) is 1. The first-order chi connectivity index (χ1) is 7.22. The number of aromatic nitrogens is 2. The minimum Gasteiger partial charge on any atom is -0.394 e. The zero-order valence-corrected chi connectivity index (χ0v) is 9.21. The minimum atomic E-state index is -0.324. The topological polar surface area (TPSA) is 74.9 Å². The minimum absolute atomic E-state index is 0.0460. The molecule has 1 atom stereocenters. The molecule has 4 N–H and O–H groups in total.